The van der Waals surface area contributed by atoms with Gasteiger partial charge in [0.15, 0.2) is 0 Å². The quantitative estimate of drug-likeness (QED) is 0.471. The molecule has 1 aliphatic heterocycles. The second-order valence-electron chi connectivity index (χ2n) is 8.59. The highest BCUT2D eigenvalue weighted by atomic mass is 32.2. The van der Waals surface area contributed by atoms with Crippen molar-refractivity contribution in [3.05, 3.63) is 29.8 Å². The maximum absolute atomic E-state index is 12.7. The Morgan fingerprint density at radius 1 is 1.07 bits per heavy atom. The maximum atomic E-state index is 12.7. The molecular formula is C24H37N3O2S. The zero-order valence-corrected chi connectivity index (χ0v) is 19.2. The van der Waals surface area contributed by atoms with Gasteiger partial charge in [-0.2, -0.15) is 0 Å². The second kappa shape index (κ2) is 12.4. The van der Waals surface area contributed by atoms with Gasteiger partial charge in [0.05, 0.1) is 11.3 Å². The van der Waals surface area contributed by atoms with Crippen molar-refractivity contribution in [3.63, 3.8) is 0 Å². The van der Waals surface area contributed by atoms with Gasteiger partial charge >= 0.3 is 0 Å². The van der Waals surface area contributed by atoms with Crippen molar-refractivity contribution in [2.24, 2.45) is 0 Å². The zero-order valence-electron chi connectivity index (χ0n) is 18.4. The van der Waals surface area contributed by atoms with E-state index in [0.717, 1.165) is 30.7 Å². The molecule has 0 aromatic heterocycles. The molecule has 5 nitrogen and oxygen atoms in total. The number of nitrogens with zero attached hydrogens (tertiary/aromatic N) is 2. The molecule has 0 unspecified atom stereocenters. The minimum Gasteiger partial charge on any atom is -0.352 e. The largest absolute Gasteiger partial charge is 0.352 e. The first-order valence-electron chi connectivity index (χ1n) is 11.6. The average Bonchev–Trinajstić information content (AvgIpc) is 2.81. The van der Waals surface area contributed by atoms with Gasteiger partial charge < -0.3 is 15.1 Å². The summed E-state index contributed by atoms with van der Waals surface area (Å²) in [5.74, 6) is 0.500. The van der Waals surface area contributed by atoms with E-state index in [1.54, 1.807) is 0 Å². The van der Waals surface area contributed by atoms with Crippen molar-refractivity contribution >= 4 is 23.6 Å². The summed E-state index contributed by atoms with van der Waals surface area (Å²) in [4.78, 5) is 30.7. The molecule has 3 rings (SSSR count). The molecule has 0 bridgehead atoms. The maximum Gasteiger partial charge on any atom is 0.252 e. The molecule has 1 saturated carbocycles. The van der Waals surface area contributed by atoms with Gasteiger partial charge in [0.1, 0.15) is 0 Å². The van der Waals surface area contributed by atoms with Crippen LogP contribution in [0.2, 0.25) is 0 Å². The molecule has 1 N–H and O–H groups in total. The Morgan fingerprint density at radius 3 is 2.53 bits per heavy atom. The van der Waals surface area contributed by atoms with Crippen LogP contribution in [-0.4, -0.2) is 66.6 Å². The van der Waals surface area contributed by atoms with Crippen LogP contribution in [0.5, 0.6) is 0 Å². The first-order chi connectivity index (χ1) is 14.6. The molecule has 1 aromatic rings. The number of piperidine rings is 1. The molecule has 2 aliphatic rings. The highest BCUT2D eigenvalue weighted by molar-refractivity contribution is 8.00. The smallest absolute Gasteiger partial charge is 0.252 e. The molecule has 1 heterocycles. The van der Waals surface area contributed by atoms with Crippen LogP contribution in [-0.2, 0) is 4.79 Å². The number of nitrogens with one attached hydrogen (secondary N) is 1. The molecular weight excluding hydrogens is 394 g/mol. The van der Waals surface area contributed by atoms with Gasteiger partial charge in [-0.05, 0) is 63.9 Å². The number of likely N-dealkylation sites (tertiary alicyclic amines) is 1. The molecule has 1 aromatic carbocycles. The third-order valence-corrected chi connectivity index (χ3v) is 7.44. The predicted octanol–water partition coefficient (Wildman–Crippen LogP) is 4.18. The lowest BCUT2D eigenvalue weighted by Gasteiger charge is -2.31. The number of amides is 2. The summed E-state index contributed by atoms with van der Waals surface area (Å²) in [5.41, 5.74) is 0.675. The third kappa shape index (κ3) is 7.02. The summed E-state index contributed by atoms with van der Waals surface area (Å²) in [6.07, 6.45) is 10.9. The number of carbonyl (C=O) groups is 2. The van der Waals surface area contributed by atoms with E-state index in [9.17, 15) is 9.59 Å². The molecule has 0 spiro atoms. The van der Waals surface area contributed by atoms with Crippen LogP contribution in [0.4, 0.5) is 0 Å². The van der Waals surface area contributed by atoms with Crippen molar-refractivity contribution in [1.82, 2.24) is 15.1 Å². The highest BCUT2D eigenvalue weighted by Crippen LogP contribution is 2.25. The molecule has 0 atom stereocenters. The van der Waals surface area contributed by atoms with Gasteiger partial charge in [0.25, 0.3) is 5.91 Å². The van der Waals surface area contributed by atoms with Crippen molar-refractivity contribution in [3.8, 4) is 0 Å². The topological polar surface area (TPSA) is 52.7 Å². The summed E-state index contributed by atoms with van der Waals surface area (Å²) in [7, 11) is 1.93. The van der Waals surface area contributed by atoms with Crippen LogP contribution < -0.4 is 5.32 Å². The lowest BCUT2D eigenvalue weighted by atomic mass is 9.94. The van der Waals surface area contributed by atoms with Crippen LogP contribution in [0.3, 0.4) is 0 Å². The fraction of sp³-hybridized carbons (Fsp3) is 0.667. The zero-order chi connectivity index (χ0) is 21.2. The number of hydrogen-bond donors (Lipinski definition) is 1. The normalized spacial score (nSPS) is 18.2. The van der Waals surface area contributed by atoms with Crippen LogP contribution in [0.25, 0.3) is 0 Å². The van der Waals surface area contributed by atoms with E-state index >= 15 is 0 Å². The van der Waals surface area contributed by atoms with Gasteiger partial charge in [0.2, 0.25) is 5.91 Å². The van der Waals surface area contributed by atoms with Crippen molar-refractivity contribution in [1.29, 1.82) is 0 Å². The van der Waals surface area contributed by atoms with Gasteiger partial charge in [-0.3, -0.25) is 9.59 Å². The number of thioether (sulfide) groups is 1. The van der Waals surface area contributed by atoms with Crippen LogP contribution >= 0.6 is 11.8 Å². The fourth-order valence-corrected chi connectivity index (χ4v) is 5.45. The molecule has 6 heteroatoms. The average molecular weight is 432 g/mol. The predicted molar refractivity (Wildman–Crippen MR) is 124 cm³/mol. The van der Waals surface area contributed by atoms with E-state index < -0.39 is 0 Å². The monoisotopic (exact) mass is 431 g/mol. The first kappa shape index (κ1) is 23.1. The lowest BCUT2D eigenvalue weighted by molar-refractivity contribution is -0.129. The Morgan fingerprint density at radius 2 is 1.77 bits per heavy atom. The van der Waals surface area contributed by atoms with E-state index in [1.165, 1.54) is 63.4 Å². The van der Waals surface area contributed by atoms with Gasteiger partial charge in [-0.1, -0.05) is 37.8 Å². The molecule has 30 heavy (non-hydrogen) atoms. The van der Waals surface area contributed by atoms with E-state index in [1.807, 2.05) is 36.2 Å². The van der Waals surface area contributed by atoms with Crippen LogP contribution in [0.1, 0.15) is 68.1 Å². The number of benzene rings is 1. The fourth-order valence-electron chi connectivity index (χ4n) is 4.48. The summed E-state index contributed by atoms with van der Waals surface area (Å²) in [6, 6.07) is 8.01. The number of hydrogen-bond acceptors (Lipinski definition) is 4. The summed E-state index contributed by atoms with van der Waals surface area (Å²) < 4.78 is 0. The first-order valence-corrected chi connectivity index (χ1v) is 12.6. The van der Waals surface area contributed by atoms with E-state index in [4.69, 9.17) is 0 Å². The Bertz CT molecular complexity index is 685. The molecule has 0 radical (unpaired) electrons. The number of carbonyl (C=O) groups excluding carboxylic acids is 2. The van der Waals surface area contributed by atoms with E-state index in [0.29, 0.717) is 23.9 Å². The molecule has 1 saturated heterocycles. The highest BCUT2D eigenvalue weighted by Gasteiger charge is 2.22. The minimum atomic E-state index is -0.0372. The standard InChI is InChI=1S/C24H37N3O2S/c1-26(20-11-4-2-5-12-20)23(28)19-30-22-14-7-6-13-21(22)24(29)25-15-10-18-27-16-8-3-9-17-27/h6-7,13-14,20H,2-5,8-12,15-19H2,1H3,(H,25,29). The van der Waals surface area contributed by atoms with Gasteiger partial charge in [-0.25, -0.2) is 0 Å². The lowest BCUT2D eigenvalue weighted by Crippen LogP contribution is -2.39. The summed E-state index contributed by atoms with van der Waals surface area (Å²) in [6.45, 7) is 4.13. The van der Waals surface area contributed by atoms with Gasteiger partial charge in [0, 0.05) is 24.5 Å². The van der Waals surface area contributed by atoms with Gasteiger partial charge in [-0.15, -0.1) is 11.8 Å². The van der Waals surface area contributed by atoms with E-state index in [2.05, 4.69) is 10.2 Å². The summed E-state index contributed by atoms with van der Waals surface area (Å²) in [5, 5.41) is 3.07. The van der Waals surface area contributed by atoms with Crippen molar-refractivity contribution in [2.45, 2.75) is 68.7 Å². The molecule has 166 valence electrons. The Hall–Kier alpha value is -1.53. The second-order valence-corrected chi connectivity index (χ2v) is 9.61. The molecule has 1 aliphatic carbocycles. The van der Waals surface area contributed by atoms with Crippen LogP contribution in [0, 0.1) is 0 Å². The third-order valence-electron chi connectivity index (χ3n) is 6.38. The minimum absolute atomic E-state index is 0.0372. The molecule has 2 fully saturated rings. The number of rotatable bonds is 9. The molecule has 2 amide bonds. The Labute approximate surface area is 186 Å². The van der Waals surface area contributed by atoms with Crippen molar-refractivity contribution in [2.75, 3.05) is 39.0 Å². The Kier molecular flexibility index (Phi) is 9.53. The van der Waals surface area contributed by atoms with E-state index in [-0.39, 0.29) is 11.8 Å². The Balaban J connectivity index is 1.44. The van der Waals surface area contributed by atoms with Crippen molar-refractivity contribution < 1.29 is 9.59 Å². The SMILES string of the molecule is CN(C(=O)CSc1ccccc1C(=O)NCCCN1CCCCC1)C1CCCCC1. The van der Waals surface area contributed by atoms with Crippen LogP contribution in [0.15, 0.2) is 29.2 Å². The summed E-state index contributed by atoms with van der Waals surface area (Å²) >= 11 is 1.48.